The number of carbonyl (C=O) groups is 1. The summed E-state index contributed by atoms with van der Waals surface area (Å²) in [5, 5.41) is 0. The molecule has 0 aromatic heterocycles. The summed E-state index contributed by atoms with van der Waals surface area (Å²) in [4.78, 5) is 14.1. The predicted molar refractivity (Wildman–Crippen MR) is 55.9 cm³/mol. The maximum absolute atomic E-state index is 11.9. The Kier molecular flexibility index (Phi) is 2.08. The normalized spacial score (nSPS) is 25.9. The van der Waals surface area contributed by atoms with Gasteiger partial charge in [-0.3, -0.25) is 9.69 Å². The summed E-state index contributed by atoms with van der Waals surface area (Å²) >= 11 is 0. The van der Waals surface area contributed by atoms with E-state index in [-0.39, 0.29) is 11.8 Å². The Bertz CT molecular complexity index is 402. The van der Waals surface area contributed by atoms with Crippen molar-refractivity contribution in [3.8, 4) is 0 Å². The van der Waals surface area contributed by atoms with Crippen molar-refractivity contribution in [2.24, 2.45) is 0 Å². The molecule has 3 nitrogen and oxygen atoms in total. The molecule has 1 aromatic rings. The highest BCUT2D eigenvalue weighted by Gasteiger charge is 2.33. The van der Waals surface area contributed by atoms with Gasteiger partial charge in [-0.15, -0.1) is 0 Å². The average molecular weight is 203 g/mol. The van der Waals surface area contributed by atoms with Gasteiger partial charge in [-0.05, 0) is 5.56 Å². The Labute approximate surface area is 88.6 Å². The molecule has 0 bridgehead atoms. The fraction of sp³-hybridized carbons (Fsp3) is 0.417. The molecule has 15 heavy (non-hydrogen) atoms. The molecule has 0 radical (unpaired) electrons. The summed E-state index contributed by atoms with van der Waals surface area (Å²) in [7, 11) is 0. The number of nitrogens with zero attached hydrogens (tertiary/aromatic N) is 1. The third-order valence-electron chi connectivity index (χ3n) is 3.21. The number of carbonyl (C=O) groups excluding carboxylic acids is 1. The first kappa shape index (κ1) is 9.07. The van der Waals surface area contributed by atoms with Crippen molar-refractivity contribution < 1.29 is 9.53 Å². The summed E-state index contributed by atoms with van der Waals surface area (Å²) in [5.74, 6) is 0.240. The van der Waals surface area contributed by atoms with Gasteiger partial charge in [0, 0.05) is 12.1 Å². The Morgan fingerprint density at radius 2 is 2.20 bits per heavy atom. The molecule has 2 aliphatic rings. The van der Waals surface area contributed by atoms with Crippen LogP contribution in [0, 0.1) is 0 Å². The second-order valence-corrected chi connectivity index (χ2v) is 4.07. The minimum atomic E-state index is 0.240. The van der Waals surface area contributed by atoms with Crippen molar-refractivity contribution in [2.75, 3.05) is 26.3 Å². The van der Waals surface area contributed by atoms with Crippen molar-refractivity contribution in [1.29, 1.82) is 0 Å². The van der Waals surface area contributed by atoms with E-state index in [9.17, 15) is 4.79 Å². The molecule has 78 valence electrons. The van der Waals surface area contributed by atoms with Gasteiger partial charge in [0.05, 0.1) is 25.8 Å². The number of hydrogen-bond donors (Lipinski definition) is 0. The van der Waals surface area contributed by atoms with Gasteiger partial charge in [-0.2, -0.15) is 0 Å². The molecule has 1 saturated heterocycles. The second-order valence-electron chi connectivity index (χ2n) is 4.07. The topological polar surface area (TPSA) is 29.5 Å². The van der Waals surface area contributed by atoms with Crippen LogP contribution in [0.1, 0.15) is 22.0 Å². The Hall–Kier alpha value is -1.19. The van der Waals surface area contributed by atoms with Crippen molar-refractivity contribution in [3.63, 3.8) is 0 Å². The molecule has 0 saturated carbocycles. The summed E-state index contributed by atoms with van der Waals surface area (Å²) in [6, 6.07) is 8.16. The first-order valence-electron chi connectivity index (χ1n) is 5.30. The number of morpholine rings is 1. The van der Waals surface area contributed by atoms with Gasteiger partial charge in [0.1, 0.15) is 0 Å². The number of hydrogen-bond acceptors (Lipinski definition) is 3. The monoisotopic (exact) mass is 203 g/mol. The van der Waals surface area contributed by atoms with Crippen LogP contribution in [-0.4, -0.2) is 37.0 Å². The Morgan fingerprint density at radius 3 is 3.13 bits per heavy atom. The van der Waals surface area contributed by atoms with E-state index < -0.39 is 0 Å². The molecule has 0 N–H and O–H groups in total. The fourth-order valence-corrected chi connectivity index (χ4v) is 2.42. The Balaban J connectivity index is 2.07. The Morgan fingerprint density at radius 1 is 1.33 bits per heavy atom. The minimum Gasteiger partial charge on any atom is -0.378 e. The molecule has 1 unspecified atom stereocenters. The van der Waals surface area contributed by atoms with E-state index in [1.165, 1.54) is 0 Å². The van der Waals surface area contributed by atoms with Gasteiger partial charge < -0.3 is 4.74 Å². The molecule has 2 heterocycles. The molecular weight excluding hydrogens is 190 g/mol. The van der Waals surface area contributed by atoms with Crippen LogP contribution in [0.25, 0.3) is 0 Å². The van der Waals surface area contributed by atoms with Crippen LogP contribution >= 0.6 is 0 Å². The van der Waals surface area contributed by atoms with Crippen molar-refractivity contribution in [1.82, 2.24) is 4.90 Å². The van der Waals surface area contributed by atoms with Gasteiger partial charge >= 0.3 is 0 Å². The lowest BCUT2D eigenvalue weighted by molar-refractivity contribution is -0.00962. The van der Waals surface area contributed by atoms with E-state index in [0.717, 1.165) is 24.3 Å². The number of ether oxygens (including phenoxy) is 1. The third kappa shape index (κ3) is 1.39. The standard InChI is InChI=1S/C12H13NO2/c14-12-7-13-5-6-15-8-11(13)9-3-1-2-4-10(9)12/h1-4,11H,5-8H2. The number of fused-ring (bicyclic) bond motifs is 3. The largest absolute Gasteiger partial charge is 0.378 e. The van der Waals surface area contributed by atoms with Crippen LogP contribution in [0.15, 0.2) is 24.3 Å². The molecule has 0 spiro atoms. The van der Waals surface area contributed by atoms with E-state index >= 15 is 0 Å². The van der Waals surface area contributed by atoms with Gasteiger partial charge in [-0.1, -0.05) is 24.3 Å². The van der Waals surface area contributed by atoms with Crippen LogP contribution in [0.2, 0.25) is 0 Å². The first-order valence-corrected chi connectivity index (χ1v) is 5.30. The van der Waals surface area contributed by atoms with Crippen molar-refractivity contribution in [2.45, 2.75) is 6.04 Å². The molecule has 0 amide bonds. The zero-order chi connectivity index (χ0) is 10.3. The lowest BCUT2D eigenvalue weighted by atomic mass is 9.91. The molecule has 3 heteroatoms. The van der Waals surface area contributed by atoms with Gasteiger partial charge in [0.15, 0.2) is 5.78 Å². The minimum absolute atomic E-state index is 0.240. The van der Waals surface area contributed by atoms with Crippen LogP contribution in [-0.2, 0) is 4.74 Å². The summed E-state index contributed by atoms with van der Waals surface area (Å²) in [6.45, 7) is 2.87. The second kappa shape index (κ2) is 3.43. The lowest BCUT2D eigenvalue weighted by Crippen LogP contribution is -2.46. The van der Waals surface area contributed by atoms with Gasteiger partial charge in [0.2, 0.25) is 0 Å². The highest BCUT2D eigenvalue weighted by molar-refractivity contribution is 6.00. The zero-order valence-corrected chi connectivity index (χ0v) is 8.48. The number of ketones is 1. The van der Waals surface area contributed by atoms with E-state index in [1.54, 1.807) is 0 Å². The number of Topliss-reactive ketones (excluding diaryl/α,β-unsaturated/α-hetero) is 1. The zero-order valence-electron chi connectivity index (χ0n) is 8.48. The molecule has 1 aromatic carbocycles. The number of rotatable bonds is 0. The highest BCUT2D eigenvalue weighted by atomic mass is 16.5. The average Bonchev–Trinajstić information content (AvgIpc) is 2.30. The van der Waals surface area contributed by atoms with Crippen LogP contribution in [0.3, 0.4) is 0 Å². The predicted octanol–water partition coefficient (Wildman–Crippen LogP) is 1.26. The molecule has 3 rings (SSSR count). The molecule has 2 aliphatic heterocycles. The third-order valence-corrected chi connectivity index (χ3v) is 3.21. The SMILES string of the molecule is O=C1CN2CCOCC2c2ccccc21. The summed E-state index contributed by atoms with van der Waals surface area (Å²) in [5.41, 5.74) is 2.01. The first-order chi connectivity index (χ1) is 7.36. The van der Waals surface area contributed by atoms with Crippen LogP contribution < -0.4 is 0 Å². The lowest BCUT2D eigenvalue weighted by Gasteiger charge is -2.39. The van der Waals surface area contributed by atoms with Gasteiger partial charge in [0.25, 0.3) is 0 Å². The van der Waals surface area contributed by atoms with Crippen LogP contribution in [0.5, 0.6) is 0 Å². The van der Waals surface area contributed by atoms with Crippen LogP contribution in [0.4, 0.5) is 0 Å². The quantitative estimate of drug-likeness (QED) is 0.635. The fourth-order valence-electron chi connectivity index (χ4n) is 2.42. The summed E-state index contributed by atoms with van der Waals surface area (Å²) in [6.07, 6.45) is 0. The number of benzene rings is 1. The van der Waals surface area contributed by atoms with Crippen molar-refractivity contribution in [3.05, 3.63) is 35.4 Å². The maximum Gasteiger partial charge on any atom is 0.177 e. The van der Waals surface area contributed by atoms with E-state index in [0.29, 0.717) is 13.2 Å². The van der Waals surface area contributed by atoms with E-state index in [4.69, 9.17) is 4.74 Å². The van der Waals surface area contributed by atoms with Gasteiger partial charge in [-0.25, -0.2) is 0 Å². The summed E-state index contributed by atoms with van der Waals surface area (Å²) < 4.78 is 5.48. The molecular formula is C12H13NO2. The van der Waals surface area contributed by atoms with E-state index in [1.807, 2.05) is 24.3 Å². The molecule has 1 fully saturated rings. The van der Waals surface area contributed by atoms with Crippen molar-refractivity contribution >= 4 is 5.78 Å². The smallest absolute Gasteiger partial charge is 0.177 e. The highest BCUT2D eigenvalue weighted by Crippen LogP contribution is 2.31. The molecule has 1 atom stereocenters. The van der Waals surface area contributed by atoms with E-state index in [2.05, 4.69) is 4.90 Å². The molecule has 0 aliphatic carbocycles. The maximum atomic E-state index is 11.9.